The van der Waals surface area contributed by atoms with Gasteiger partial charge in [0.2, 0.25) is 0 Å². The Bertz CT molecular complexity index is 740. The number of pyridine rings is 1. The third-order valence-corrected chi connectivity index (χ3v) is 4.54. The molecule has 0 aliphatic carbocycles. The van der Waals surface area contributed by atoms with Crippen molar-refractivity contribution >= 4 is 34.7 Å². The Labute approximate surface area is 153 Å². The molecule has 1 N–H and O–H groups in total. The average Bonchev–Trinajstić information content (AvgIpc) is 2.62. The van der Waals surface area contributed by atoms with Gasteiger partial charge in [0.05, 0.1) is 0 Å². The molecule has 25 heavy (non-hydrogen) atoms. The van der Waals surface area contributed by atoms with Crippen LogP contribution in [0.25, 0.3) is 0 Å². The van der Waals surface area contributed by atoms with Crippen molar-refractivity contribution in [3.8, 4) is 0 Å². The van der Waals surface area contributed by atoms with E-state index in [1.54, 1.807) is 12.1 Å². The number of carbonyl (C=O) groups is 1. The lowest BCUT2D eigenvalue weighted by atomic mass is 10.1. The molecule has 0 unspecified atom stereocenters. The number of hydrogen-bond acceptors (Lipinski definition) is 4. The molecule has 1 fully saturated rings. The van der Waals surface area contributed by atoms with Crippen molar-refractivity contribution in [2.75, 3.05) is 42.3 Å². The molecule has 2 heterocycles. The second kappa shape index (κ2) is 7.74. The molecule has 5 nitrogen and oxygen atoms in total. The summed E-state index contributed by atoms with van der Waals surface area (Å²) in [5, 5.41) is 3.22. The first-order valence-electron chi connectivity index (χ1n) is 8.54. The minimum Gasteiger partial charge on any atom is -0.372 e. The molecule has 3 rings (SSSR count). The lowest BCUT2D eigenvalue weighted by Crippen LogP contribution is -2.29. The molecule has 6 heteroatoms. The predicted octanol–water partition coefficient (Wildman–Crippen LogP) is 4.04. The number of nitrogens with zero attached hydrogens (tertiary/aromatic N) is 3. The lowest BCUT2D eigenvalue weighted by Gasteiger charge is -2.28. The van der Waals surface area contributed by atoms with E-state index in [-0.39, 0.29) is 5.91 Å². The fourth-order valence-electron chi connectivity index (χ4n) is 2.95. The van der Waals surface area contributed by atoms with Gasteiger partial charge in [0.25, 0.3) is 5.91 Å². The maximum atomic E-state index is 12.5. The average molecular weight is 359 g/mol. The van der Waals surface area contributed by atoms with Crippen molar-refractivity contribution in [1.29, 1.82) is 0 Å². The van der Waals surface area contributed by atoms with Gasteiger partial charge in [-0.05, 0) is 55.7 Å². The van der Waals surface area contributed by atoms with Crippen LogP contribution in [0.15, 0.2) is 36.4 Å². The van der Waals surface area contributed by atoms with E-state index in [0.717, 1.165) is 18.8 Å². The Kier molecular flexibility index (Phi) is 5.43. The van der Waals surface area contributed by atoms with Crippen LogP contribution >= 0.6 is 11.6 Å². The largest absolute Gasteiger partial charge is 0.372 e. The van der Waals surface area contributed by atoms with E-state index in [9.17, 15) is 4.79 Å². The van der Waals surface area contributed by atoms with Crippen LogP contribution in [-0.2, 0) is 0 Å². The highest BCUT2D eigenvalue weighted by atomic mass is 35.5. The molecule has 1 saturated heterocycles. The monoisotopic (exact) mass is 358 g/mol. The summed E-state index contributed by atoms with van der Waals surface area (Å²) >= 11 is 6.02. The number of halogens is 1. The number of carbonyl (C=O) groups excluding carboxylic acids is 1. The molecule has 1 aliphatic rings. The summed E-state index contributed by atoms with van der Waals surface area (Å²) in [7, 11) is 3.72. The topological polar surface area (TPSA) is 48.5 Å². The van der Waals surface area contributed by atoms with Crippen molar-refractivity contribution < 1.29 is 4.79 Å². The summed E-state index contributed by atoms with van der Waals surface area (Å²) in [5.41, 5.74) is 2.47. The van der Waals surface area contributed by atoms with E-state index < -0.39 is 0 Å². The minimum atomic E-state index is -0.196. The molecule has 0 spiro atoms. The molecule has 1 aliphatic heterocycles. The Morgan fingerprint density at radius 1 is 1.12 bits per heavy atom. The SMILES string of the molecule is CN(C)c1cc(C(=O)Nc2ccc(N3CCCCC3)cc2)cc(Cl)n1. The second-order valence-corrected chi connectivity index (χ2v) is 6.87. The summed E-state index contributed by atoms with van der Waals surface area (Å²) in [6.07, 6.45) is 3.80. The number of rotatable bonds is 4. The van der Waals surface area contributed by atoms with Crippen LogP contribution < -0.4 is 15.1 Å². The number of hydrogen-bond donors (Lipinski definition) is 1. The molecule has 1 amide bonds. The van der Waals surface area contributed by atoms with Crippen molar-refractivity contribution in [2.45, 2.75) is 19.3 Å². The molecule has 0 bridgehead atoms. The van der Waals surface area contributed by atoms with Gasteiger partial charge in [0.1, 0.15) is 11.0 Å². The van der Waals surface area contributed by atoms with Gasteiger partial charge in [-0.3, -0.25) is 4.79 Å². The van der Waals surface area contributed by atoms with Gasteiger partial charge in [0, 0.05) is 44.1 Å². The maximum Gasteiger partial charge on any atom is 0.255 e. The first-order valence-corrected chi connectivity index (χ1v) is 8.92. The quantitative estimate of drug-likeness (QED) is 0.838. The summed E-state index contributed by atoms with van der Waals surface area (Å²) in [6, 6.07) is 11.3. The van der Waals surface area contributed by atoms with E-state index in [0.29, 0.717) is 16.5 Å². The summed E-state index contributed by atoms with van der Waals surface area (Å²) < 4.78 is 0. The van der Waals surface area contributed by atoms with Crippen LogP contribution in [0.2, 0.25) is 5.15 Å². The molecule has 2 aromatic rings. The number of amides is 1. The molecular formula is C19H23ClN4O. The minimum absolute atomic E-state index is 0.196. The third-order valence-electron chi connectivity index (χ3n) is 4.35. The van der Waals surface area contributed by atoms with Gasteiger partial charge in [-0.15, -0.1) is 0 Å². The van der Waals surface area contributed by atoms with Crippen LogP contribution in [0.4, 0.5) is 17.2 Å². The van der Waals surface area contributed by atoms with Gasteiger partial charge in [-0.2, -0.15) is 0 Å². The standard InChI is InChI=1S/C19H23ClN4O/c1-23(2)18-13-14(12-17(20)22-18)19(25)21-15-6-8-16(9-7-15)24-10-4-3-5-11-24/h6-9,12-13H,3-5,10-11H2,1-2H3,(H,21,25). The zero-order valence-corrected chi connectivity index (χ0v) is 15.4. The van der Waals surface area contributed by atoms with Gasteiger partial charge in [-0.1, -0.05) is 11.6 Å². The van der Waals surface area contributed by atoms with Gasteiger partial charge in [-0.25, -0.2) is 4.98 Å². The number of aromatic nitrogens is 1. The van der Waals surface area contributed by atoms with Crippen LogP contribution in [0.5, 0.6) is 0 Å². The van der Waals surface area contributed by atoms with Crippen molar-refractivity contribution in [2.24, 2.45) is 0 Å². The Morgan fingerprint density at radius 3 is 2.44 bits per heavy atom. The highest BCUT2D eigenvalue weighted by molar-refractivity contribution is 6.30. The zero-order chi connectivity index (χ0) is 17.8. The van der Waals surface area contributed by atoms with Crippen molar-refractivity contribution in [1.82, 2.24) is 4.98 Å². The third kappa shape index (κ3) is 4.42. The van der Waals surface area contributed by atoms with Crippen LogP contribution in [0.1, 0.15) is 29.6 Å². The second-order valence-electron chi connectivity index (χ2n) is 6.48. The summed E-state index contributed by atoms with van der Waals surface area (Å²) in [5.74, 6) is 0.455. The highest BCUT2D eigenvalue weighted by Crippen LogP contribution is 2.23. The zero-order valence-electron chi connectivity index (χ0n) is 14.6. The van der Waals surface area contributed by atoms with E-state index in [4.69, 9.17) is 11.6 Å². The molecule has 132 valence electrons. The molecule has 0 saturated carbocycles. The Balaban J connectivity index is 1.70. The van der Waals surface area contributed by atoms with Crippen LogP contribution in [0.3, 0.4) is 0 Å². The maximum absolute atomic E-state index is 12.5. The van der Waals surface area contributed by atoms with E-state index in [1.807, 2.05) is 31.1 Å². The van der Waals surface area contributed by atoms with Crippen molar-refractivity contribution in [3.63, 3.8) is 0 Å². The van der Waals surface area contributed by atoms with Gasteiger partial charge in [0.15, 0.2) is 0 Å². The summed E-state index contributed by atoms with van der Waals surface area (Å²) in [4.78, 5) is 20.9. The first-order chi connectivity index (χ1) is 12.0. The van der Waals surface area contributed by atoms with E-state index in [2.05, 4.69) is 27.3 Å². The predicted molar refractivity (Wildman–Crippen MR) is 104 cm³/mol. The number of piperidine rings is 1. The van der Waals surface area contributed by atoms with Crippen LogP contribution in [0, 0.1) is 0 Å². The normalized spacial score (nSPS) is 14.3. The van der Waals surface area contributed by atoms with Crippen molar-refractivity contribution in [3.05, 3.63) is 47.1 Å². The fraction of sp³-hybridized carbons (Fsp3) is 0.368. The van der Waals surface area contributed by atoms with Crippen LogP contribution in [-0.4, -0.2) is 38.1 Å². The first kappa shape index (κ1) is 17.5. The molecule has 1 aromatic heterocycles. The summed E-state index contributed by atoms with van der Waals surface area (Å²) in [6.45, 7) is 2.21. The number of nitrogens with one attached hydrogen (secondary N) is 1. The van der Waals surface area contributed by atoms with Gasteiger partial charge >= 0.3 is 0 Å². The number of anilines is 3. The molecule has 0 radical (unpaired) electrons. The van der Waals surface area contributed by atoms with Gasteiger partial charge < -0.3 is 15.1 Å². The van der Waals surface area contributed by atoms with E-state index in [1.165, 1.54) is 24.9 Å². The van der Waals surface area contributed by atoms with E-state index >= 15 is 0 Å². The fourth-order valence-corrected chi connectivity index (χ4v) is 3.16. The molecule has 0 atom stereocenters. The lowest BCUT2D eigenvalue weighted by molar-refractivity contribution is 0.102. The smallest absolute Gasteiger partial charge is 0.255 e. The molecule has 1 aromatic carbocycles. The molecular weight excluding hydrogens is 336 g/mol. The Hall–Kier alpha value is -2.27. The highest BCUT2D eigenvalue weighted by Gasteiger charge is 2.13. The Morgan fingerprint density at radius 2 is 1.80 bits per heavy atom. The number of benzene rings is 1.